The monoisotopic (exact) mass is 364 g/mol. The molecule has 0 unspecified atom stereocenters. The van der Waals surface area contributed by atoms with Crippen LogP contribution >= 0.6 is 28.1 Å². The lowest BCUT2D eigenvalue weighted by Crippen LogP contribution is -2.28. The smallest absolute Gasteiger partial charge is 0.171 e. The molecule has 2 N–H and O–H groups in total. The molecule has 2 aromatic carbocycles. The van der Waals surface area contributed by atoms with E-state index in [1.807, 2.05) is 43.3 Å². The first-order valence-corrected chi connectivity index (χ1v) is 7.72. The van der Waals surface area contributed by atoms with Crippen LogP contribution in [0.3, 0.4) is 0 Å². The van der Waals surface area contributed by atoms with Gasteiger partial charge in [0.2, 0.25) is 0 Å². The van der Waals surface area contributed by atoms with Gasteiger partial charge in [-0.1, -0.05) is 28.1 Å². The number of aryl methyl sites for hydroxylation is 1. The van der Waals surface area contributed by atoms with Gasteiger partial charge in [-0.25, -0.2) is 0 Å². The highest BCUT2D eigenvalue weighted by Gasteiger charge is 2.02. The van der Waals surface area contributed by atoms with Crippen molar-refractivity contribution in [3.05, 3.63) is 58.1 Å². The summed E-state index contributed by atoms with van der Waals surface area (Å²) < 4.78 is 6.19. The fourth-order valence-corrected chi connectivity index (χ4v) is 2.52. The molecule has 0 atom stereocenters. The molecular weight excluding hydrogens is 348 g/mol. The molecule has 0 radical (unpaired) electrons. The van der Waals surface area contributed by atoms with Gasteiger partial charge in [0.1, 0.15) is 5.75 Å². The number of thiocarbonyl (C=S) groups is 1. The zero-order chi connectivity index (χ0) is 15.2. The Morgan fingerprint density at radius 3 is 2.52 bits per heavy atom. The molecule has 0 aliphatic carbocycles. The average molecular weight is 365 g/mol. The van der Waals surface area contributed by atoms with Crippen LogP contribution < -0.4 is 15.4 Å². The topological polar surface area (TPSA) is 33.3 Å². The van der Waals surface area contributed by atoms with Crippen LogP contribution in [0.25, 0.3) is 0 Å². The molecule has 5 heteroatoms. The molecule has 3 nitrogen and oxygen atoms in total. The number of methoxy groups -OCH3 is 1. The third-order valence-electron chi connectivity index (χ3n) is 3.05. The van der Waals surface area contributed by atoms with E-state index in [4.69, 9.17) is 17.0 Å². The molecule has 0 saturated heterocycles. The Morgan fingerprint density at radius 1 is 1.19 bits per heavy atom. The summed E-state index contributed by atoms with van der Waals surface area (Å²) in [5.41, 5.74) is 3.29. The van der Waals surface area contributed by atoms with Gasteiger partial charge >= 0.3 is 0 Å². The maximum Gasteiger partial charge on any atom is 0.171 e. The first-order valence-electron chi connectivity index (χ1n) is 6.52. The predicted molar refractivity (Wildman–Crippen MR) is 94.9 cm³/mol. The van der Waals surface area contributed by atoms with Crippen LogP contribution in [0.5, 0.6) is 5.75 Å². The van der Waals surface area contributed by atoms with Crippen molar-refractivity contribution in [2.24, 2.45) is 0 Å². The molecule has 0 amide bonds. The summed E-state index contributed by atoms with van der Waals surface area (Å²) in [5, 5.41) is 7.01. The van der Waals surface area contributed by atoms with E-state index in [-0.39, 0.29) is 0 Å². The van der Waals surface area contributed by atoms with Crippen LogP contribution in [0.2, 0.25) is 0 Å². The second-order valence-electron chi connectivity index (χ2n) is 4.61. The zero-order valence-corrected chi connectivity index (χ0v) is 14.3. The molecule has 0 fully saturated rings. The van der Waals surface area contributed by atoms with Crippen molar-refractivity contribution >= 4 is 38.9 Å². The minimum absolute atomic E-state index is 0.608. The molecule has 110 valence electrons. The quantitative estimate of drug-likeness (QED) is 0.794. The van der Waals surface area contributed by atoms with Crippen molar-refractivity contribution in [1.82, 2.24) is 5.32 Å². The first-order chi connectivity index (χ1) is 10.1. The van der Waals surface area contributed by atoms with E-state index < -0.39 is 0 Å². The highest BCUT2D eigenvalue weighted by molar-refractivity contribution is 9.10. The SMILES string of the molecule is COc1ccc(CNC(=S)Nc2ccc(Br)cc2C)cc1. The molecule has 0 aliphatic rings. The maximum atomic E-state index is 5.32. The Balaban J connectivity index is 1.89. The second-order valence-corrected chi connectivity index (χ2v) is 5.94. The second kappa shape index (κ2) is 7.43. The molecule has 0 saturated carbocycles. The normalized spacial score (nSPS) is 10.0. The van der Waals surface area contributed by atoms with Gasteiger partial charge in [-0.3, -0.25) is 0 Å². The van der Waals surface area contributed by atoms with Gasteiger partial charge < -0.3 is 15.4 Å². The molecule has 2 aromatic rings. The molecule has 0 heterocycles. The summed E-state index contributed by atoms with van der Waals surface area (Å²) in [6.45, 7) is 2.71. The van der Waals surface area contributed by atoms with Gasteiger partial charge in [0.25, 0.3) is 0 Å². The van der Waals surface area contributed by atoms with Crippen molar-refractivity contribution in [2.75, 3.05) is 12.4 Å². The van der Waals surface area contributed by atoms with Crippen molar-refractivity contribution in [1.29, 1.82) is 0 Å². The van der Waals surface area contributed by atoms with Crippen LogP contribution in [0.1, 0.15) is 11.1 Å². The number of ether oxygens (including phenoxy) is 1. The fourth-order valence-electron chi connectivity index (χ4n) is 1.86. The van der Waals surface area contributed by atoms with Gasteiger partial charge in [0, 0.05) is 16.7 Å². The Kier molecular flexibility index (Phi) is 5.59. The lowest BCUT2D eigenvalue weighted by atomic mass is 10.2. The van der Waals surface area contributed by atoms with Crippen LogP contribution in [-0.4, -0.2) is 12.2 Å². The van der Waals surface area contributed by atoms with E-state index in [1.165, 1.54) is 0 Å². The highest BCUT2D eigenvalue weighted by Crippen LogP contribution is 2.20. The van der Waals surface area contributed by atoms with Gasteiger partial charge in [0.15, 0.2) is 5.11 Å². The standard InChI is InChI=1S/C16H17BrN2OS/c1-11-9-13(17)5-8-15(11)19-16(21)18-10-12-3-6-14(20-2)7-4-12/h3-9H,10H2,1-2H3,(H2,18,19,21). The van der Waals surface area contributed by atoms with Crippen LogP contribution in [-0.2, 0) is 6.54 Å². The van der Waals surface area contributed by atoms with E-state index in [2.05, 4.69) is 32.6 Å². The Labute approximate surface area is 138 Å². The number of anilines is 1. The molecule has 21 heavy (non-hydrogen) atoms. The van der Waals surface area contributed by atoms with Crippen LogP contribution in [0, 0.1) is 6.92 Å². The summed E-state index contributed by atoms with van der Waals surface area (Å²) >= 11 is 8.77. The summed E-state index contributed by atoms with van der Waals surface area (Å²) in [6, 6.07) is 13.9. The molecule has 2 rings (SSSR count). The Bertz CT molecular complexity index is 629. The van der Waals surface area contributed by atoms with E-state index in [0.717, 1.165) is 27.0 Å². The maximum absolute atomic E-state index is 5.32. The average Bonchev–Trinajstić information content (AvgIpc) is 2.48. The number of rotatable bonds is 4. The number of hydrogen-bond donors (Lipinski definition) is 2. The van der Waals surface area contributed by atoms with E-state index >= 15 is 0 Å². The minimum atomic E-state index is 0.608. The van der Waals surface area contributed by atoms with Gasteiger partial charge in [-0.15, -0.1) is 0 Å². The lowest BCUT2D eigenvalue weighted by Gasteiger charge is -2.13. The van der Waals surface area contributed by atoms with E-state index in [0.29, 0.717) is 11.7 Å². The summed E-state index contributed by atoms with van der Waals surface area (Å²) in [7, 11) is 1.66. The van der Waals surface area contributed by atoms with Crippen molar-refractivity contribution in [3.63, 3.8) is 0 Å². The minimum Gasteiger partial charge on any atom is -0.497 e. The van der Waals surface area contributed by atoms with E-state index in [9.17, 15) is 0 Å². The van der Waals surface area contributed by atoms with Gasteiger partial charge in [0.05, 0.1) is 7.11 Å². The first kappa shape index (κ1) is 15.8. The van der Waals surface area contributed by atoms with Crippen LogP contribution in [0.4, 0.5) is 5.69 Å². The van der Waals surface area contributed by atoms with Crippen molar-refractivity contribution < 1.29 is 4.74 Å². The largest absolute Gasteiger partial charge is 0.497 e. The summed E-state index contributed by atoms with van der Waals surface area (Å²) in [4.78, 5) is 0. The zero-order valence-electron chi connectivity index (χ0n) is 11.9. The molecule has 0 bridgehead atoms. The number of halogens is 1. The van der Waals surface area contributed by atoms with E-state index in [1.54, 1.807) is 7.11 Å². The third kappa shape index (κ3) is 4.72. The van der Waals surface area contributed by atoms with Crippen molar-refractivity contribution in [2.45, 2.75) is 13.5 Å². The molecule has 0 aliphatic heterocycles. The van der Waals surface area contributed by atoms with Gasteiger partial charge in [-0.05, 0) is 60.6 Å². The third-order valence-corrected chi connectivity index (χ3v) is 3.79. The van der Waals surface area contributed by atoms with Gasteiger partial charge in [-0.2, -0.15) is 0 Å². The molecule has 0 aromatic heterocycles. The fraction of sp³-hybridized carbons (Fsp3) is 0.188. The number of benzene rings is 2. The predicted octanol–water partition coefficient (Wildman–Crippen LogP) is 4.25. The van der Waals surface area contributed by atoms with Crippen molar-refractivity contribution in [3.8, 4) is 5.75 Å². The molecular formula is C16H17BrN2OS. The highest BCUT2D eigenvalue weighted by atomic mass is 79.9. The summed E-state index contributed by atoms with van der Waals surface area (Å²) in [5.74, 6) is 0.852. The molecule has 0 spiro atoms. The Morgan fingerprint density at radius 2 is 1.90 bits per heavy atom. The van der Waals surface area contributed by atoms with Crippen LogP contribution in [0.15, 0.2) is 46.9 Å². The Hall–Kier alpha value is -1.59. The number of hydrogen-bond acceptors (Lipinski definition) is 2. The lowest BCUT2D eigenvalue weighted by molar-refractivity contribution is 0.414. The summed E-state index contributed by atoms with van der Waals surface area (Å²) in [6.07, 6.45) is 0. The number of nitrogens with one attached hydrogen (secondary N) is 2.